The summed E-state index contributed by atoms with van der Waals surface area (Å²) in [6.07, 6.45) is 5.39. The maximum Gasteiger partial charge on any atom is 0.213 e. The van der Waals surface area contributed by atoms with Crippen molar-refractivity contribution < 1.29 is 22.3 Å². The lowest BCUT2D eigenvalue weighted by molar-refractivity contribution is -0.127. The van der Waals surface area contributed by atoms with Gasteiger partial charge in [-0.3, -0.25) is 14.6 Å². The van der Waals surface area contributed by atoms with E-state index >= 15 is 0 Å². The van der Waals surface area contributed by atoms with E-state index in [1.807, 2.05) is 4.90 Å². The monoisotopic (exact) mass is 425 g/mol. The average Bonchev–Trinajstić information content (AvgIpc) is 3.03. The molecule has 2 aliphatic heterocycles. The van der Waals surface area contributed by atoms with Gasteiger partial charge in [-0.2, -0.15) is 4.31 Å². The predicted octanol–water partition coefficient (Wildman–Crippen LogP) is 1.30. The SMILES string of the molecule is CS(=O)(=O)N1C[C@@H](Oc2ccc(F)cc2)C[C@]1(C=O)N1CCN(C2CCC2)CC1. The molecule has 7 nitrogen and oxygen atoms in total. The molecule has 0 radical (unpaired) electrons. The Bertz CT molecular complexity index is 838. The van der Waals surface area contributed by atoms with Crippen molar-refractivity contribution in [3.05, 3.63) is 30.1 Å². The number of piperazine rings is 1. The summed E-state index contributed by atoms with van der Waals surface area (Å²) in [6.45, 7) is 3.05. The fraction of sp³-hybridized carbons (Fsp3) is 0.650. The van der Waals surface area contributed by atoms with Crippen LogP contribution in [0.1, 0.15) is 25.7 Å². The summed E-state index contributed by atoms with van der Waals surface area (Å²) >= 11 is 0. The zero-order valence-corrected chi connectivity index (χ0v) is 17.5. The summed E-state index contributed by atoms with van der Waals surface area (Å²) < 4.78 is 45.4. The molecular weight excluding hydrogens is 397 g/mol. The number of benzene rings is 1. The maximum atomic E-state index is 13.2. The molecule has 0 aromatic heterocycles. The molecular formula is C20H28FN3O4S. The van der Waals surface area contributed by atoms with E-state index < -0.39 is 21.8 Å². The Morgan fingerprint density at radius 2 is 1.79 bits per heavy atom. The molecule has 4 rings (SSSR count). The Kier molecular flexibility index (Phi) is 5.67. The smallest absolute Gasteiger partial charge is 0.213 e. The minimum Gasteiger partial charge on any atom is -0.489 e. The first-order valence-electron chi connectivity index (χ1n) is 10.2. The first-order chi connectivity index (χ1) is 13.8. The molecule has 1 aliphatic carbocycles. The third-order valence-electron chi connectivity index (χ3n) is 6.49. The summed E-state index contributed by atoms with van der Waals surface area (Å²) in [5, 5.41) is 0. The number of nitrogens with zero attached hydrogens (tertiary/aromatic N) is 3. The molecule has 2 atom stereocenters. The predicted molar refractivity (Wildman–Crippen MR) is 107 cm³/mol. The minimum absolute atomic E-state index is 0.0950. The lowest BCUT2D eigenvalue weighted by atomic mass is 9.91. The van der Waals surface area contributed by atoms with Gasteiger partial charge in [0, 0.05) is 38.6 Å². The van der Waals surface area contributed by atoms with Gasteiger partial charge in [-0.15, -0.1) is 0 Å². The Hall–Kier alpha value is -1.55. The van der Waals surface area contributed by atoms with Crippen molar-refractivity contribution in [1.29, 1.82) is 0 Å². The van der Waals surface area contributed by atoms with Gasteiger partial charge in [-0.05, 0) is 37.1 Å². The number of sulfonamides is 1. The van der Waals surface area contributed by atoms with Gasteiger partial charge in [-0.25, -0.2) is 12.8 Å². The quantitative estimate of drug-likeness (QED) is 0.640. The molecule has 0 unspecified atom stereocenters. The van der Waals surface area contributed by atoms with Crippen molar-refractivity contribution >= 4 is 16.3 Å². The van der Waals surface area contributed by atoms with E-state index in [2.05, 4.69) is 4.90 Å². The molecule has 3 fully saturated rings. The molecule has 0 bridgehead atoms. The molecule has 1 saturated carbocycles. The van der Waals surface area contributed by atoms with Gasteiger partial charge in [0.1, 0.15) is 23.3 Å². The number of halogens is 1. The van der Waals surface area contributed by atoms with Crippen molar-refractivity contribution in [2.75, 3.05) is 39.0 Å². The Balaban J connectivity index is 1.52. The number of hydrogen-bond acceptors (Lipinski definition) is 6. The number of hydrogen-bond donors (Lipinski definition) is 0. The molecule has 2 saturated heterocycles. The average molecular weight is 426 g/mol. The molecule has 2 heterocycles. The summed E-state index contributed by atoms with van der Waals surface area (Å²) in [5.41, 5.74) is -1.23. The van der Waals surface area contributed by atoms with Crippen molar-refractivity contribution in [1.82, 2.24) is 14.1 Å². The molecule has 0 amide bonds. The van der Waals surface area contributed by atoms with Crippen molar-refractivity contribution in [2.24, 2.45) is 0 Å². The van der Waals surface area contributed by atoms with Crippen LogP contribution in [0.15, 0.2) is 24.3 Å². The van der Waals surface area contributed by atoms with Crippen LogP contribution in [0.3, 0.4) is 0 Å². The second kappa shape index (κ2) is 7.94. The zero-order chi connectivity index (χ0) is 20.6. The first-order valence-corrected chi connectivity index (χ1v) is 12.0. The van der Waals surface area contributed by atoms with Gasteiger partial charge in [-0.1, -0.05) is 6.42 Å². The third kappa shape index (κ3) is 4.05. The summed E-state index contributed by atoms with van der Waals surface area (Å²) in [4.78, 5) is 16.8. The minimum atomic E-state index is -3.62. The van der Waals surface area contributed by atoms with E-state index in [0.717, 1.165) is 25.6 Å². The van der Waals surface area contributed by atoms with Crippen LogP contribution in [0.25, 0.3) is 0 Å². The lowest BCUT2D eigenvalue weighted by Crippen LogP contribution is -2.65. The topological polar surface area (TPSA) is 70.2 Å². The third-order valence-corrected chi connectivity index (χ3v) is 7.75. The Morgan fingerprint density at radius 1 is 1.14 bits per heavy atom. The van der Waals surface area contributed by atoms with E-state index in [4.69, 9.17) is 4.74 Å². The molecule has 0 N–H and O–H groups in total. The van der Waals surface area contributed by atoms with Crippen LogP contribution in [0.4, 0.5) is 4.39 Å². The lowest BCUT2D eigenvalue weighted by Gasteiger charge is -2.48. The molecule has 1 aromatic rings. The molecule has 9 heteroatoms. The van der Waals surface area contributed by atoms with E-state index in [1.54, 1.807) is 0 Å². The largest absolute Gasteiger partial charge is 0.489 e. The number of aldehydes is 1. The van der Waals surface area contributed by atoms with Crippen molar-refractivity contribution in [3.63, 3.8) is 0 Å². The number of carbonyl (C=O) groups is 1. The highest BCUT2D eigenvalue weighted by atomic mass is 32.2. The van der Waals surface area contributed by atoms with Crippen LogP contribution in [-0.4, -0.2) is 85.6 Å². The van der Waals surface area contributed by atoms with Gasteiger partial charge >= 0.3 is 0 Å². The van der Waals surface area contributed by atoms with Crippen LogP contribution < -0.4 is 4.74 Å². The van der Waals surface area contributed by atoms with Crippen LogP contribution in [-0.2, 0) is 14.8 Å². The molecule has 3 aliphatic rings. The summed E-state index contributed by atoms with van der Waals surface area (Å²) in [7, 11) is -3.62. The van der Waals surface area contributed by atoms with Gasteiger partial charge < -0.3 is 4.74 Å². The van der Waals surface area contributed by atoms with Gasteiger partial charge in [0.15, 0.2) is 6.29 Å². The van der Waals surface area contributed by atoms with Crippen LogP contribution in [0, 0.1) is 5.82 Å². The van der Waals surface area contributed by atoms with Crippen LogP contribution in [0.2, 0.25) is 0 Å². The van der Waals surface area contributed by atoms with Crippen molar-refractivity contribution in [2.45, 2.75) is 43.5 Å². The fourth-order valence-corrected chi connectivity index (χ4v) is 5.99. The highest BCUT2D eigenvalue weighted by Crippen LogP contribution is 2.37. The molecule has 160 valence electrons. The van der Waals surface area contributed by atoms with E-state index in [1.165, 1.54) is 47.8 Å². The fourth-order valence-electron chi connectivity index (χ4n) is 4.75. The zero-order valence-electron chi connectivity index (χ0n) is 16.7. The molecule has 29 heavy (non-hydrogen) atoms. The van der Waals surface area contributed by atoms with E-state index in [-0.39, 0.29) is 18.8 Å². The van der Waals surface area contributed by atoms with E-state index in [0.29, 0.717) is 24.9 Å². The standard InChI is InChI=1S/C20H28FN3O4S/c1-29(26,27)24-14-19(28-18-7-5-16(21)6-8-18)13-20(24,15-25)23-11-9-22(10-12-23)17-3-2-4-17/h5-8,15,17,19H,2-4,9-14H2,1H3/t19-,20-/m0/s1. The van der Waals surface area contributed by atoms with Crippen molar-refractivity contribution in [3.8, 4) is 5.75 Å². The number of carbonyl (C=O) groups excluding carboxylic acids is 1. The maximum absolute atomic E-state index is 13.2. The summed E-state index contributed by atoms with van der Waals surface area (Å²) in [6, 6.07) is 6.25. The van der Waals surface area contributed by atoms with Crippen LogP contribution >= 0.6 is 0 Å². The normalized spacial score (nSPS) is 30.2. The first kappa shape index (κ1) is 20.7. The van der Waals surface area contributed by atoms with Crippen LogP contribution in [0.5, 0.6) is 5.75 Å². The second-order valence-electron chi connectivity index (χ2n) is 8.30. The highest BCUT2D eigenvalue weighted by molar-refractivity contribution is 7.88. The number of ether oxygens (including phenoxy) is 1. The van der Waals surface area contributed by atoms with Gasteiger partial charge in [0.2, 0.25) is 10.0 Å². The Morgan fingerprint density at radius 3 is 2.31 bits per heavy atom. The highest BCUT2D eigenvalue weighted by Gasteiger charge is 2.55. The molecule has 1 aromatic carbocycles. The Labute approximate surface area is 171 Å². The molecule has 0 spiro atoms. The van der Waals surface area contributed by atoms with Gasteiger partial charge in [0.05, 0.1) is 12.8 Å². The second-order valence-corrected chi connectivity index (χ2v) is 10.2. The van der Waals surface area contributed by atoms with E-state index in [9.17, 15) is 17.6 Å². The number of rotatable bonds is 6. The van der Waals surface area contributed by atoms with Gasteiger partial charge in [0.25, 0.3) is 0 Å². The summed E-state index contributed by atoms with van der Waals surface area (Å²) in [5.74, 6) is 0.0921.